The third kappa shape index (κ3) is 5.86. The third-order valence-corrected chi connectivity index (χ3v) is 6.53. The molecule has 14 nitrogen and oxygen atoms in total. The number of carbonyl (C=O) groups excluding carboxylic acids is 4. The molecule has 0 aromatic heterocycles. The summed E-state index contributed by atoms with van der Waals surface area (Å²) in [5, 5.41) is 55.2. The molecule has 3 aromatic carbocycles. The predicted molar refractivity (Wildman–Crippen MR) is 143 cm³/mol. The number of aromatic hydroxyl groups is 4. The van der Waals surface area contributed by atoms with E-state index in [0.29, 0.717) is 0 Å². The predicted octanol–water partition coefficient (Wildman–Crippen LogP) is 1.42. The first kappa shape index (κ1) is 29.2. The maximum absolute atomic E-state index is 13.0. The number of esters is 1. The Morgan fingerprint density at radius 3 is 2.07 bits per heavy atom. The van der Waals surface area contributed by atoms with Gasteiger partial charge in [-0.1, -0.05) is 6.07 Å². The van der Waals surface area contributed by atoms with Crippen LogP contribution in [0.3, 0.4) is 0 Å². The summed E-state index contributed by atoms with van der Waals surface area (Å²) in [5.74, 6) is -6.96. The van der Waals surface area contributed by atoms with Gasteiger partial charge in [0.2, 0.25) is 5.78 Å². The number of hydrogen-bond acceptors (Lipinski definition) is 10. The number of phenols is 4. The van der Waals surface area contributed by atoms with Crippen molar-refractivity contribution in [3.05, 3.63) is 82.4 Å². The molecule has 1 aliphatic heterocycles. The average molecular weight is 580 g/mol. The van der Waals surface area contributed by atoms with E-state index in [1.807, 2.05) is 0 Å². The number of amides is 3. The first-order chi connectivity index (χ1) is 19.9. The van der Waals surface area contributed by atoms with Crippen LogP contribution in [0, 0.1) is 0 Å². The Labute approximate surface area is 237 Å². The zero-order chi connectivity index (χ0) is 30.7. The van der Waals surface area contributed by atoms with E-state index in [2.05, 4.69) is 10.6 Å². The van der Waals surface area contributed by atoms with Crippen molar-refractivity contribution in [1.29, 1.82) is 0 Å². The van der Waals surface area contributed by atoms with Gasteiger partial charge in [-0.25, -0.2) is 14.4 Å². The number of ketones is 1. The molecule has 0 saturated carbocycles. The summed E-state index contributed by atoms with van der Waals surface area (Å²) in [6.45, 7) is -0.149. The fourth-order valence-electron chi connectivity index (χ4n) is 4.47. The third-order valence-electron chi connectivity index (χ3n) is 6.53. The van der Waals surface area contributed by atoms with Crippen LogP contribution >= 0.6 is 0 Å². The first-order valence-electron chi connectivity index (χ1n) is 12.3. The van der Waals surface area contributed by atoms with Crippen LogP contribution in [0.15, 0.2) is 54.6 Å². The van der Waals surface area contributed by atoms with Crippen molar-refractivity contribution < 1.29 is 54.2 Å². The van der Waals surface area contributed by atoms with E-state index in [9.17, 15) is 49.5 Å². The highest BCUT2D eigenvalue weighted by atomic mass is 16.5. The number of carboxylic acid groups (broad SMARTS) is 1. The summed E-state index contributed by atoms with van der Waals surface area (Å²) < 4.78 is 5.52. The van der Waals surface area contributed by atoms with Crippen LogP contribution in [-0.4, -0.2) is 92.4 Å². The number of nitrogens with one attached hydrogen (secondary N) is 2. The molecule has 3 aromatic rings. The summed E-state index contributed by atoms with van der Waals surface area (Å²) in [6.07, 6.45) is -1.07. The maximum atomic E-state index is 13.0. The Morgan fingerprint density at radius 1 is 0.833 bits per heavy atom. The number of rotatable bonds is 7. The van der Waals surface area contributed by atoms with E-state index in [-0.39, 0.29) is 24.4 Å². The van der Waals surface area contributed by atoms with Crippen molar-refractivity contribution in [3.63, 3.8) is 0 Å². The number of aromatic carboxylic acids is 1. The number of phenolic OH excluding ortho intramolecular Hbond substituents is 4. The molecule has 7 N–H and O–H groups in total. The SMILES string of the molecule is CNC(=O)N1C[C@H](NC(=O)c2ccc(O)cc2)[C@@H](OC(=O)c2cc(O)c(C(=O)c3c(O)cccc3C(=O)O)c(O)c2)C1. The van der Waals surface area contributed by atoms with E-state index in [1.165, 1.54) is 42.3 Å². The van der Waals surface area contributed by atoms with Gasteiger partial charge in [0.15, 0.2) is 0 Å². The molecule has 0 bridgehead atoms. The molecule has 3 amide bonds. The Bertz CT molecular complexity index is 1560. The lowest BCUT2D eigenvalue weighted by molar-refractivity contribution is 0.0270. The Morgan fingerprint density at radius 2 is 1.48 bits per heavy atom. The second kappa shape index (κ2) is 11.8. The molecule has 2 atom stereocenters. The number of carbonyl (C=O) groups is 5. The second-order valence-corrected chi connectivity index (χ2v) is 9.25. The van der Waals surface area contributed by atoms with E-state index >= 15 is 0 Å². The number of ether oxygens (including phenoxy) is 1. The number of hydrogen-bond donors (Lipinski definition) is 7. The fourth-order valence-corrected chi connectivity index (χ4v) is 4.47. The smallest absolute Gasteiger partial charge is 0.338 e. The molecule has 0 unspecified atom stereocenters. The van der Waals surface area contributed by atoms with Gasteiger partial charge in [0, 0.05) is 19.2 Å². The molecule has 1 aliphatic rings. The largest absolute Gasteiger partial charge is 0.508 e. The van der Waals surface area contributed by atoms with Crippen molar-refractivity contribution in [2.75, 3.05) is 20.1 Å². The van der Waals surface area contributed by atoms with Gasteiger partial charge in [0.1, 0.15) is 34.7 Å². The summed E-state index contributed by atoms with van der Waals surface area (Å²) in [5.41, 5.74) is -2.23. The van der Waals surface area contributed by atoms with Crippen molar-refractivity contribution in [3.8, 4) is 23.0 Å². The highest BCUT2D eigenvalue weighted by Crippen LogP contribution is 2.35. The van der Waals surface area contributed by atoms with Crippen LogP contribution in [0.5, 0.6) is 23.0 Å². The Balaban J connectivity index is 1.58. The van der Waals surface area contributed by atoms with E-state index in [1.54, 1.807) is 0 Å². The zero-order valence-electron chi connectivity index (χ0n) is 21.9. The lowest BCUT2D eigenvalue weighted by Crippen LogP contribution is -2.45. The molecule has 1 saturated heterocycles. The van der Waals surface area contributed by atoms with Gasteiger partial charge in [-0.05, 0) is 48.5 Å². The van der Waals surface area contributed by atoms with Gasteiger partial charge < -0.3 is 45.8 Å². The summed E-state index contributed by atoms with van der Waals surface area (Å²) in [4.78, 5) is 63.9. The van der Waals surface area contributed by atoms with Gasteiger partial charge in [-0.2, -0.15) is 0 Å². The normalized spacial score (nSPS) is 16.0. The zero-order valence-corrected chi connectivity index (χ0v) is 21.9. The maximum Gasteiger partial charge on any atom is 0.338 e. The minimum Gasteiger partial charge on any atom is -0.508 e. The molecule has 14 heteroatoms. The van der Waals surface area contributed by atoms with Gasteiger partial charge in [0.25, 0.3) is 5.91 Å². The molecule has 0 aliphatic carbocycles. The lowest BCUT2D eigenvalue weighted by Gasteiger charge is -2.20. The van der Waals surface area contributed by atoms with Crippen LogP contribution in [-0.2, 0) is 4.74 Å². The molecule has 1 fully saturated rings. The second-order valence-electron chi connectivity index (χ2n) is 9.25. The first-order valence-corrected chi connectivity index (χ1v) is 12.3. The summed E-state index contributed by atoms with van der Waals surface area (Å²) in [7, 11) is 1.40. The fraction of sp³-hybridized carbons (Fsp3) is 0.179. The number of benzene rings is 3. The van der Waals surface area contributed by atoms with Crippen molar-refractivity contribution >= 4 is 29.7 Å². The Hall–Kier alpha value is -5.79. The Kier molecular flexibility index (Phi) is 8.17. The monoisotopic (exact) mass is 579 g/mol. The minimum absolute atomic E-state index is 0.0299. The van der Waals surface area contributed by atoms with E-state index in [0.717, 1.165) is 24.3 Å². The van der Waals surface area contributed by atoms with E-state index in [4.69, 9.17) is 4.74 Å². The topological polar surface area (TPSA) is 223 Å². The number of urea groups is 1. The molecular weight excluding hydrogens is 554 g/mol. The van der Waals surface area contributed by atoms with Crippen LogP contribution < -0.4 is 10.6 Å². The van der Waals surface area contributed by atoms with Crippen LogP contribution in [0.2, 0.25) is 0 Å². The van der Waals surface area contributed by atoms with Gasteiger partial charge in [-0.3, -0.25) is 9.59 Å². The molecule has 4 rings (SSSR count). The van der Waals surface area contributed by atoms with Crippen LogP contribution in [0.1, 0.15) is 47.0 Å². The van der Waals surface area contributed by atoms with Gasteiger partial charge in [-0.15, -0.1) is 0 Å². The average Bonchev–Trinajstić information content (AvgIpc) is 3.33. The standard InChI is InChI=1S/C28H25N3O11/c1-29-28(41)31-11-17(30-25(37)13-5-7-15(32)8-6-13)21(12-31)42-27(40)14-9-19(34)23(20(35)10-14)24(36)22-16(26(38)39)3-2-4-18(22)33/h2-10,17,21,32-35H,11-12H2,1H3,(H,29,41)(H,30,37)(H,38,39)/t17-,21-/m0/s1. The summed E-state index contributed by atoms with van der Waals surface area (Å²) >= 11 is 0. The minimum atomic E-state index is -1.54. The molecule has 42 heavy (non-hydrogen) atoms. The summed E-state index contributed by atoms with van der Waals surface area (Å²) in [6, 6.07) is 8.93. The molecule has 1 heterocycles. The van der Waals surface area contributed by atoms with E-state index < -0.39 is 81.3 Å². The van der Waals surface area contributed by atoms with Crippen molar-refractivity contribution in [1.82, 2.24) is 15.5 Å². The molecule has 218 valence electrons. The molecule has 0 spiro atoms. The van der Waals surface area contributed by atoms with Crippen LogP contribution in [0.25, 0.3) is 0 Å². The van der Waals surface area contributed by atoms with Gasteiger partial charge in [0.05, 0.1) is 29.3 Å². The number of likely N-dealkylation sites (tertiary alicyclic amines) is 1. The van der Waals surface area contributed by atoms with Gasteiger partial charge >= 0.3 is 18.0 Å². The number of carboxylic acids is 1. The quantitative estimate of drug-likeness (QED) is 0.157. The molecular formula is C28H25N3O11. The number of nitrogens with zero attached hydrogens (tertiary/aromatic N) is 1. The lowest BCUT2D eigenvalue weighted by atomic mass is 9.95. The van der Waals surface area contributed by atoms with Crippen molar-refractivity contribution in [2.24, 2.45) is 0 Å². The van der Waals surface area contributed by atoms with Crippen molar-refractivity contribution in [2.45, 2.75) is 12.1 Å². The highest BCUT2D eigenvalue weighted by molar-refractivity contribution is 6.18. The highest BCUT2D eigenvalue weighted by Gasteiger charge is 2.39. The van der Waals surface area contributed by atoms with Crippen LogP contribution in [0.4, 0.5) is 4.79 Å². The molecule has 0 radical (unpaired) electrons.